The fourth-order valence-corrected chi connectivity index (χ4v) is 6.90. The second kappa shape index (κ2) is 14.8. The van der Waals surface area contributed by atoms with Crippen LogP contribution in [0.15, 0.2) is 109 Å². The van der Waals surface area contributed by atoms with Gasteiger partial charge in [0.15, 0.2) is 0 Å². The summed E-state index contributed by atoms with van der Waals surface area (Å²) in [5.74, 6) is -1.76. The first-order valence-electron chi connectivity index (χ1n) is 16.5. The van der Waals surface area contributed by atoms with Crippen LogP contribution in [0.1, 0.15) is 41.0 Å². The van der Waals surface area contributed by atoms with E-state index in [0.717, 1.165) is 33.4 Å². The highest BCUT2D eigenvalue weighted by atomic mass is 16.5. The maximum atomic E-state index is 13.9. The number of nitrogens with zero attached hydrogens (tertiary/aromatic N) is 2. The number of nitrogens with one attached hydrogen (secondary N) is 2. The fourth-order valence-electron chi connectivity index (χ4n) is 6.90. The van der Waals surface area contributed by atoms with Crippen LogP contribution in [-0.2, 0) is 27.4 Å². The smallest absolute Gasteiger partial charge is 0.407 e. The molecule has 1 fully saturated rings. The summed E-state index contributed by atoms with van der Waals surface area (Å²) < 4.78 is 5.78. The molecule has 9 heteroatoms. The first-order valence-corrected chi connectivity index (χ1v) is 16.5. The van der Waals surface area contributed by atoms with E-state index in [2.05, 4.69) is 27.7 Å². The molecule has 9 nitrogen and oxygen atoms in total. The summed E-state index contributed by atoms with van der Waals surface area (Å²) in [5, 5.41) is 16.0. The lowest BCUT2D eigenvalue weighted by Crippen LogP contribution is -2.64. The quantitative estimate of drug-likeness (QED) is 0.193. The Kier molecular flexibility index (Phi) is 10.2. The average molecular weight is 647 g/mol. The first kappa shape index (κ1) is 32.9. The largest absolute Gasteiger partial charge is 0.480 e. The summed E-state index contributed by atoms with van der Waals surface area (Å²) in [6, 6.07) is 35.0. The number of carboxylic acids is 1. The highest BCUT2D eigenvalue weighted by molar-refractivity contribution is 5.91. The molecule has 48 heavy (non-hydrogen) atoms. The highest BCUT2D eigenvalue weighted by Gasteiger charge is 2.44. The van der Waals surface area contributed by atoms with Gasteiger partial charge in [0.1, 0.15) is 18.2 Å². The Hall–Kier alpha value is -4.99. The minimum Gasteiger partial charge on any atom is -0.480 e. The number of hydrogen-bond acceptors (Lipinski definition) is 6. The molecule has 1 atom stereocenters. The van der Waals surface area contributed by atoms with E-state index >= 15 is 0 Å². The minimum absolute atomic E-state index is 0.102. The Morgan fingerprint density at radius 1 is 0.833 bits per heavy atom. The molecule has 0 spiro atoms. The molecule has 3 N–H and O–H groups in total. The van der Waals surface area contributed by atoms with Crippen molar-refractivity contribution in [3.63, 3.8) is 0 Å². The van der Waals surface area contributed by atoms with Gasteiger partial charge in [-0.05, 0) is 53.3 Å². The molecule has 1 heterocycles. The third-order valence-corrected chi connectivity index (χ3v) is 9.47. The van der Waals surface area contributed by atoms with Crippen molar-refractivity contribution in [2.24, 2.45) is 0 Å². The number of benzene rings is 4. The molecule has 4 aromatic carbocycles. The van der Waals surface area contributed by atoms with Gasteiger partial charge in [-0.1, -0.05) is 109 Å². The molecule has 0 radical (unpaired) electrons. The van der Waals surface area contributed by atoms with Crippen LogP contribution in [0, 0.1) is 0 Å². The van der Waals surface area contributed by atoms with Gasteiger partial charge in [0.05, 0.1) is 0 Å². The Labute approximate surface area is 281 Å². The van der Waals surface area contributed by atoms with Crippen LogP contribution in [0.25, 0.3) is 11.1 Å². The molecule has 2 aliphatic rings. The molecule has 1 aliphatic carbocycles. The van der Waals surface area contributed by atoms with Gasteiger partial charge in [-0.3, -0.25) is 14.6 Å². The zero-order valence-corrected chi connectivity index (χ0v) is 27.2. The van der Waals surface area contributed by atoms with Crippen LogP contribution in [0.3, 0.4) is 0 Å². The molecule has 248 valence electrons. The summed E-state index contributed by atoms with van der Waals surface area (Å²) >= 11 is 0. The van der Waals surface area contributed by atoms with E-state index in [1.807, 2.05) is 109 Å². The number of fused-ring (bicyclic) bond motifs is 3. The van der Waals surface area contributed by atoms with Crippen LogP contribution < -0.4 is 10.6 Å². The second-order valence-corrected chi connectivity index (χ2v) is 12.8. The van der Waals surface area contributed by atoms with Crippen molar-refractivity contribution in [2.45, 2.75) is 43.4 Å². The number of aliphatic carboxylic acids is 1. The predicted molar refractivity (Wildman–Crippen MR) is 184 cm³/mol. The zero-order valence-electron chi connectivity index (χ0n) is 27.2. The van der Waals surface area contributed by atoms with Gasteiger partial charge < -0.3 is 20.5 Å². The minimum atomic E-state index is -1.44. The summed E-state index contributed by atoms with van der Waals surface area (Å²) in [6.07, 6.45) is -0.233. The van der Waals surface area contributed by atoms with Crippen molar-refractivity contribution in [3.05, 3.63) is 131 Å². The molecular weight excluding hydrogens is 604 g/mol. The lowest BCUT2D eigenvalue weighted by molar-refractivity contribution is -0.150. The number of likely N-dealkylation sites (N-methyl/N-ethyl adjacent to an activating group) is 1. The van der Waals surface area contributed by atoms with Gasteiger partial charge >= 0.3 is 12.1 Å². The molecule has 4 aromatic rings. The van der Waals surface area contributed by atoms with E-state index in [1.165, 1.54) is 0 Å². The van der Waals surface area contributed by atoms with Gasteiger partial charge in [-0.25, -0.2) is 9.59 Å². The molecule has 1 unspecified atom stereocenters. The average Bonchev–Trinajstić information content (AvgIpc) is 3.42. The van der Waals surface area contributed by atoms with E-state index in [0.29, 0.717) is 26.2 Å². The number of alkyl carbamates (subject to hydrolysis) is 1. The molecule has 2 amide bonds. The lowest BCUT2D eigenvalue weighted by atomic mass is 9.86. The van der Waals surface area contributed by atoms with Crippen LogP contribution in [0.4, 0.5) is 4.79 Å². The SMILES string of the molecule is CN(Cc1ccccc1)CC(NC(=O)OCC1c2ccccc2-c2ccccc21)C(=O)NC1(C(=O)O)CCN(Cc2ccccc2)CC1. The summed E-state index contributed by atoms with van der Waals surface area (Å²) in [5.41, 5.74) is 5.18. The lowest BCUT2D eigenvalue weighted by Gasteiger charge is -2.40. The number of piperidine rings is 1. The van der Waals surface area contributed by atoms with Crippen LogP contribution in [0.2, 0.25) is 0 Å². The van der Waals surface area contributed by atoms with Crippen molar-refractivity contribution in [3.8, 4) is 11.1 Å². The van der Waals surface area contributed by atoms with E-state index < -0.39 is 29.6 Å². The van der Waals surface area contributed by atoms with Crippen molar-refractivity contribution in [1.29, 1.82) is 0 Å². The first-order chi connectivity index (χ1) is 23.3. The summed E-state index contributed by atoms with van der Waals surface area (Å²) in [7, 11) is 1.86. The Morgan fingerprint density at radius 3 is 1.96 bits per heavy atom. The van der Waals surface area contributed by atoms with Crippen molar-refractivity contribution in [1.82, 2.24) is 20.4 Å². The fraction of sp³-hybridized carbons (Fsp3) is 0.308. The van der Waals surface area contributed by atoms with Gasteiger partial charge in [0.25, 0.3) is 0 Å². The number of likely N-dealkylation sites (tertiary alicyclic amines) is 1. The zero-order chi connectivity index (χ0) is 33.5. The number of rotatable bonds is 12. The Morgan fingerprint density at radius 2 is 1.38 bits per heavy atom. The van der Waals surface area contributed by atoms with Gasteiger partial charge in [0, 0.05) is 38.6 Å². The maximum absolute atomic E-state index is 13.9. The molecule has 0 aromatic heterocycles. The second-order valence-electron chi connectivity index (χ2n) is 12.8. The standard InChI is InChI=1S/C39H42N4O5/c1-42(24-28-12-4-2-5-13-28)26-35(36(44)41-39(37(45)46)20-22-43(23-21-39)25-29-14-6-3-7-15-29)40-38(47)48-27-34-32-18-10-8-16-30(32)31-17-9-11-19-33(31)34/h2-19,34-35H,20-27H2,1H3,(H,40,47)(H,41,44)(H,45,46). The molecule has 6 rings (SSSR count). The maximum Gasteiger partial charge on any atom is 0.407 e. The number of carbonyl (C=O) groups excluding carboxylic acids is 2. The predicted octanol–water partition coefficient (Wildman–Crippen LogP) is 5.26. The van der Waals surface area contributed by atoms with Crippen LogP contribution in [0.5, 0.6) is 0 Å². The number of amides is 2. The summed E-state index contributed by atoms with van der Waals surface area (Å²) in [4.78, 5) is 44.1. The van der Waals surface area contributed by atoms with Gasteiger partial charge in [0.2, 0.25) is 5.91 Å². The Balaban J connectivity index is 1.14. The van der Waals surface area contributed by atoms with Gasteiger partial charge in [-0.15, -0.1) is 0 Å². The number of hydrogen-bond donors (Lipinski definition) is 3. The number of ether oxygens (including phenoxy) is 1. The summed E-state index contributed by atoms with van der Waals surface area (Å²) in [6.45, 7) is 2.53. The molecule has 0 bridgehead atoms. The van der Waals surface area contributed by atoms with E-state index in [1.54, 1.807) is 0 Å². The number of carbonyl (C=O) groups is 3. The van der Waals surface area contributed by atoms with E-state index in [4.69, 9.17) is 4.74 Å². The molecule has 0 saturated carbocycles. The normalized spacial score (nSPS) is 16.0. The van der Waals surface area contributed by atoms with Crippen molar-refractivity contribution in [2.75, 3.05) is 33.3 Å². The molecule has 1 saturated heterocycles. The van der Waals surface area contributed by atoms with Crippen LogP contribution >= 0.6 is 0 Å². The number of carboxylic acid groups (broad SMARTS) is 1. The van der Waals surface area contributed by atoms with Crippen molar-refractivity contribution < 1.29 is 24.2 Å². The highest BCUT2D eigenvalue weighted by Crippen LogP contribution is 2.44. The topological polar surface area (TPSA) is 111 Å². The van der Waals surface area contributed by atoms with Gasteiger partial charge in [-0.2, -0.15) is 0 Å². The van der Waals surface area contributed by atoms with E-state index in [-0.39, 0.29) is 31.9 Å². The molecular formula is C39H42N4O5. The van der Waals surface area contributed by atoms with Crippen LogP contribution in [-0.4, -0.2) is 77.7 Å². The third-order valence-electron chi connectivity index (χ3n) is 9.47. The Bertz CT molecular complexity index is 1680. The third kappa shape index (κ3) is 7.59. The monoisotopic (exact) mass is 646 g/mol. The van der Waals surface area contributed by atoms with E-state index in [9.17, 15) is 19.5 Å². The van der Waals surface area contributed by atoms with Crippen molar-refractivity contribution >= 4 is 18.0 Å². The molecule has 1 aliphatic heterocycles.